The Morgan fingerprint density at radius 3 is 2.59 bits per heavy atom. The molecule has 7 heteroatoms. The number of rotatable bonds is 7. The predicted octanol–water partition coefficient (Wildman–Crippen LogP) is 3.04. The molecule has 3 rings (SSSR count). The molecule has 1 aromatic rings. The highest BCUT2D eigenvalue weighted by atomic mass is 16.5. The summed E-state index contributed by atoms with van der Waals surface area (Å²) >= 11 is 0. The van der Waals surface area contributed by atoms with E-state index in [9.17, 15) is 9.59 Å². The van der Waals surface area contributed by atoms with Gasteiger partial charge in [0.1, 0.15) is 0 Å². The number of carbonyl (C=O) groups excluding carboxylic acids is 2. The van der Waals surface area contributed by atoms with Crippen molar-refractivity contribution in [3.05, 3.63) is 12.4 Å². The summed E-state index contributed by atoms with van der Waals surface area (Å²) in [7, 11) is 0. The molecule has 0 aromatic carbocycles. The van der Waals surface area contributed by atoms with Gasteiger partial charge in [-0.2, -0.15) is 5.10 Å². The molecule has 7 nitrogen and oxygen atoms in total. The van der Waals surface area contributed by atoms with Gasteiger partial charge in [-0.3, -0.25) is 14.3 Å². The third-order valence-corrected chi connectivity index (χ3v) is 5.59. The molecule has 0 radical (unpaired) electrons. The van der Waals surface area contributed by atoms with E-state index in [0.29, 0.717) is 24.3 Å². The third kappa shape index (κ3) is 6.06. The van der Waals surface area contributed by atoms with Gasteiger partial charge in [-0.15, -0.1) is 0 Å². The van der Waals surface area contributed by atoms with Gasteiger partial charge in [0.15, 0.2) is 0 Å². The van der Waals surface area contributed by atoms with Crippen LogP contribution in [0.3, 0.4) is 0 Å². The summed E-state index contributed by atoms with van der Waals surface area (Å²) in [4.78, 5) is 24.2. The van der Waals surface area contributed by atoms with Crippen molar-refractivity contribution >= 4 is 17.5 Å². The molecule has 2 amide bonds. The topological polar surface area (TPSA) is 85.2 Å². The minimum atomic E-state index is -0.667. The maximum Gasteiger partial charge on any atom is 0.313 e. The SMILES string of the molecule is CC(COCC1CCCCC1)NC(=O)C(=O)Nc1cnn(C2CCCC2)c1. The van der Waals surface area contributed by atoms with Crippen molar-refractivity contribution in [1.29, 1.82) is 0 Å². The number of ether oxygens (including phenoxy) is 1. The molecule has 1 heterocycles. The normalized spacial score (nSPS) is 19.7. The predicted molar refractivity (Wildman–Crippen MR) is 103 cm³/mol. The van der Waals surface area contributed by atoms with Gasteiger partial charge in [-0.05, 0) is 38.5 Å². The average Bonchev–Trinajstić information content (AvgIpc) is 3.34. The molecule has 2 N–H and O–H groups in total. The first-order valence-electron chi connectivity index (χ1n) is 10.4. The first-order valence-corrected chi connectivity index (χ1v) is 10.4. The van der Waals surface area contributed by atoms with Gasteiger partial charge in [-0.25, -0.2) is 0 Å². The standard InChI is InChI=1S/C20H32N4O3/c1-15(13-27-14-16-7-3-2-4-8-16)22-19(25)20(26)23-17-11-21-24(12-17)18-9-5-6-10-18/h11-12,15-16,18H,2-10,13-14H2,1H3,(H,22,25)(H,23,26). The van der Waals surface area contributed by atoms with Crippen molar-refractivity contribution in [2.24, 2.45) is 5.92 Å². The summed E-state index contributed by atoms with van der Waals surface area (Å²) in [6.07, 6.45) is 14.5. The second-order valence-electron chi connectivity index (χ2n) is 8.02. The van der Waals surface area contributed by atoms with Crippen molar-refractivity contribution in [1.82, 2.24) is 15.1 Å². The zero-order valence-corrected chi connectivity index (χ0v) is 16.3. The van der Waals surface area contributed by atoms with Crippen LogP contribution in [0, 0.1) is 5.92 Å². The molecule has 2 aliphatic carbocycles. The highest BCUT2D eigenvalue weighted by Gasteiger charge is 2.20. The van der Waals surface area contributed by atoms with Gasteiger partial charge in [0.2, 0.25) is 0 Å². The molecule has 2 aliphatic rings. The fourth-order valence-electron chi connectivity index (χ4n) is 4.06. The monoisotopic (exact) mass is 376 g/mol. The Morgan fingerprint density at radius 1 is 1.15 bits per heavy atom. The Balaban J connectivity index is 1.36. The maximum atomic E-state index is 12.1. The summed E-state index contributed by atoms with van der Waals surface area (Å²) in [6, 6.07) is 0.207. The van der Waals surface area contributed by atoms with Crippen LogP contribution in [0.5, 0.6) is 0 Å². The highest BCUT2D eigenvalue weighted by Crippen LogP contribution is 2.29. The molecule has 0 saturated heterocycles. The molecular weight excluding hydrogens is 344 g/mol. The molecule has 2 fully saturated rings. The number of hydrogen-bond acceptors (Lipinski definition) is 4. The van der Waals surface area contributed by atoms with E-state index < -0.39 is 11.8 Å². The van der Waals surface area contributed by atoms with E-state index in [1.54, 1.807) is 12.4 Å². The summed E-state index contributed by atoms with van der Waals surface area (Å²) in [5, 5.41) is 9.63. The second-order valence-corrected chi connectivity index (χ2v) is 8.02. The van der Waals surface area contributed by atoms with Crippen LogP contribution in [0.2, 0.25) is 0 Å². The number of carbonyl (C=O) groups is 2. The fraction of sp³-hybridized carbons (Fsp3) is 0.750. The van der Waals surface area contributed by atoms with Crippen LogP contribution in [-0.2, 0) is 14.3 Å². The number of nitrogens with one attached hydrogen (secondary N) is 2. The van der Waals surface area contributed by atoms with E-state index in [2.05, 4.69) is 15.7 Å². The van der Waals surface area contributed by atoms with Gasteiger partial charge in [0, 0.05) is 18.8 Å². The first kappa shape index (κ1) is 19.9. The van der Waals surface area contributed by atoms with Crippen LogP contribution in [0.4, 0.5) is 5.69 Å². The second kappa shape index (κ2) is 9.88. The lowest BCUT2D eigenvalue weighted by molar-refractivity contribution is -0.136. The minimum Gasteiger partial charge on any atom is -0.379 e. The van der Waals surface area contributed by atoms with Crippen LogP contribution in [0.1, 0.15) is 70.8 Å². The van der Waals surface area contributed by atoms with E-state index in [-0.39, 0.29) is 6.04 Å². The van der Waals surface area contributed by atoms with Gasteiger partial charge in [-0.1, -0.05) is 32.1 Å². The number of aromatic nitrogens is 2. The summed E-state index contributed by atoms with van der Waals surface area (Å²) < 4.78 is 7.63. The summed E-state index contributed by atoms with van der Waals surface area (Å²) in [6.45, 7) is 3.02. The average molecular weight is 377 g/mol. The molecule has 1 atom stereocenters. The zero-order chi connectivity index (χ0) is 19.1. The first-order chi connectivity index (χ1) is 13.1. The van der Waals surface area contributed by atoms with E-state index >= 15 is 0 Å². The van der Waals surface area contributed by atoms with Crippen molar-refractivity contribution in [2.75, 3.05) is 18.5 Å². The molecule has 1 aromatic heterocycles. The van der Waals surface area contributed by atoms with Crippen LogP contribution in [0.25, 0.3) is 0 Å². The van der Waals surface area contributed by atoms with Gasteiger partial charge in [0.25, 0.3) is 0 Å². The fourth-order valence-corrected chi connectivity index (χ4v) is 4.06. The molecule has 27 heavy (non-hydrogen) atoms. The van der Waals surface area contributed by atoms with Crippen molar-refractivity contribution in [2.45, 2.75) is 76.8 Å². The quantitative estimate of drug-likeness (QED) is 0.716. The lowest BCUT2D eigenvalue weighted by Gasteiger charge is -2.22. The molecule has 0 aliphatic heterocycles. The lowest BCUT2D eigenvalue weighted by Crippen LogP contribution is -2.42. The zero-order valence-electron chi connectivity index (χ0n) is 16.3. The Kier molecular flexibility index (Phi) is 7.26. The van der Waals surface area contributed by atoms with Crippen LogP contribution >= 0.6 is 0 Å². The van der Waals surface area contributed by atoms with Crippen LogP contribution < -0.4 is 10.6 Å². The molecule has 0 spiro atoms. The number of amides is 2. The third-order valence-electron chi connectivity index (χ3n) is 5.59. The van der Waals surface area contributed by atoms with Gasteiger partial charge < -0.3 is 15.4 Å². The molecule has 2 saturated carbocycles. The largest absolute Gasteiger partial charge is 0.379 e. The Hall–Kier alpha value is -1.89. The number of hydrogen-bond donors (Lipinski definition) is 2. The van der Waals surface area contributed by atoms with E-state index in [4.69, 9.17) is 4.74 Å². The molecular formula is C20H32N4O3. The number of nitrogens with zero attached hydrogens (tertiary/aromatic N) is 2. The van der Waals surface area contributed by atoms with Crippen LogP contribution in [-0.4, -0.2) is 40.9 Å². The van der Waals surface area contributed by atoms with E-state index in [0.717, 1.165) is 19.4 Å². The maximum absolute atomic E-state index is 12.1. The van der Waals surface area contributed by atoms with Crippen molar-refractivity contribution in [3.8, 4) is 0 Å². The number of anilines is 1. The molecule has 150 valence electrons. The van der Waals surface area contributed by atoms with Gasteiger partial charge >= 0.3 is 11.8 Å². The smallest absolute Gasteiger partial charge is 0.313 e. The van der Waals surface area contributed by atoms with Gasteiger partial charge in [0.05, 0.1) is 24.5 Å². The van der Waals surface area contributed by atoms with E-state index in [1.807, 2.05) is 11.6 Å². The van der Waals surface area contributed by atoms with Crippen LogP contribution in [0.15, 0.2) is 12.4 Å². The Morgan fingerprint density at radius 2 is 1.85 bits per heavy atom. The van der Waals surface area contributed by atoms with Crippen molar-refractivity contribution in [3.63, 3.8) is 0 Å². The molecule has 0 bridgehead atoms. The minimum absolute atomic E-state index is 0.201. The lowest BCUT2D eigenvalue weighted by atomic mass is 9.90. The Labute approximate surface area is 161 Å². The van der Waals surface area contributed by atoms with E-state index in [1.165, 1.54) is 44.9 Å². The molecule has 1 unspecified atom stereocenters. The Bertz CT molecular complexity index is 618. The summed E-state index contributed by atoms with van der Waals surface area (Å²) in [5.41, 5.74) is 0.559. The van der Waals surface area contributed by atoms with Crippen molar-refractivity contribution < 1.29 is 14.3 Å². The summed E-state index contributed by atoms with van der Waals surface area (Å²) in [5.74, 6) is -0.668. The highest BCUT2D eigenvalue weighted by molar-refractivity contribution is 6.39.